The monoisotopic (exact) mass is 364 g/mol. The lowest BCUT2D eigenvalue weighted by molar-refractivity contribution is 0.466. The molecule has 4 N–H and O–H groups in total. The molecular weight excluding hydrogens is 336 g/mol. The minimum absolute atomic E-state index is 0.367. The van der Waals surface area contributed by atoms with E-state index in [4.69, 9.17) is 0 Å². The number of nitrogens with zero attached hydrogens (tertiary/aromatic N) is 1. The molecule has 0 aliphatic carbocycles. The Labute approximate surface area is 160 Å². The van der Waals surface area contributed by atoms with E-state index in [1.807, 2.05) is 32.0 Å². The van der Waals surface area contributed by atoms with Gasteiger partial charge < -0.3 is 20.7 Å². The summed E-state index contributed by atoms with van der Waals surface area (Å²) in [4.78, 5) is 8.00. The number of hydrogen-bond acceptors (Lipinski definition) is 2. The van der Waals surface area contributed by atoms with Gasteiger partial charge in [-0.2, -0.15) is 0 Å². The van der Waals surface area contributed by atoms with Crippen LogP contribution in [0, 0.1) is 13.8 Å². The summed E-state index contributed by atoms with van der Waals surface area (Å²) in [5.41, 5.74) is 5.34. The second-order valence-electron chi connectivity index (χ2n) is 6.81. The number of aromatic hydroxyl groups is 1. The second kappa shape index (κ2) is 8.62. The van der Waals surface area contributed by atoms with Crippen LogP contribution in [0.2, 0.25) is 0 Å². The van der Waals surface area contributed by atoms with Crippen LogP contribution in [0.1, 0.15) is 29.2 Å². The van der Waals surface area contributed by atoms with Crippen molar-refractivity contribution in [3.05, 3.63) is 64.8 Å². The van der Waals surface area contributed by atoms with E-state index in [1.165, 1.54) is 16.5 Å². The van der Waals surface area contributed by atoms with Crippen LogP contribution in [0.15, 0.2) is 47.6 Å². The van der Waals surface area contributed by atoms with Crippen LogP contribution in [0.5, 0.6) is 5.75 Å². The average Bonchev–Trinajstić information content (AvgIpc) is 3.07. The summed E-state index contributed by atoms with van der Waals surface area (Å²) in [6, 6.07) is 12.3. The summed E-state index contributed by atoms with van der Waals surface area (Å²) in [7, 11) is 0. The average molecular weight is 364 g/mol. The van der Waals surface area contributed by atoms with Gasteiger partial charge in [0.25, 0.3) is 0 Å². The van der Waals surface area contributed by atoms with Crippen LogP contribution in [-0.2, 0) is 13.0 Å². The summed E-state index contributed by atoms with van der Waals surface area (Å²) in [5, 5.41) is 17.9. The molecule has 0 atom stereocenters. The standard InChI is InChI=1S/C22H28N4O/c1-4-23-22(26-13-17-11-15(2)21(27)16(3)12-17)24-10-9-18-14-25-20-8-6-5-7-19(18)20/h5-8,11-12,14,25,27H,4,9-10,13H2,1-3H3,(H2,23,24,26). The van der Waals surface area contributed by atoms with E-state index in [1.54, 1.807) is 0 Å². The molecule has 0 bridgehead atoms. The van der Waals surface area contributed by atoms with Crippen LogP contribution in [0.4, 0.5) is 0 Å². The Balaban J connectivity index is 1.62. The molecule has 0 aliphatic rings. The first-order valence-electron chi connectivity index (χ1n) is 9.44. The normalized spacial score (nSPS) is 11.7. The van der Waals surface area contributed by atoms with Crippen LogP contribution < -0.4 is 10.6 Å². The molecule has 3 aromatic rings. The van der Waals surface area contributed by atoms with E-state index >= 15 is 0 Å². The third-order valence-corrected chi connectivity index (χ3v) is 4.68. The summed E-state index contributed by atoms with van der Waals surface area (Å²) in [6.45, 7) is 8.09. The predicted octanol–water partition coefficient (Wildman–Crippen LogP) is 3.79. The zero-order valence-electron chi connectivity index (χ0n) is 16.3. The highest BCUT2D eigenvalue weighted by atomic mass is 16.3. The molecule has 0 unspecified atom stereocenters. The van der Waals surface area contributed by atoms with Gasteiger partial charge in [-0.25, -0.2) is 4.99 Å². The smallest absolute Gasteiger partial charge is 0.191 e. The quantitative estimate of drug-likeness (QED) is 0.397. The van der Waals surface area contributed by atoms with Crippen LogP contribution in [-0.4, -0.2) is 29.1 Å². The first kappa shape index (κ1) is 18.8. The molecule has 3 rings (SSSR count). The fraction of sp³-hybridized carbons (Fsp3) is 0.318. The lowest BCUT2D eigenvalue weighted by Crippen LogP contribution is -2.38. The summed E-state index contributed by atoms with van der Waals surface area (Å²) >= 11 is 0. The fourth-order valence-corrected chi connectivity index (χ4v) is 3.30. The zero-order valence-corrected chi connectivity index (χ0v) is 16.3. The third kappa shape index (κ3) is 4.61. The predicted molar refractivity (Wildman–Crippen MR) is 112 cm³/mol. The fourth-order valence-electron chi connectivity index (χ4n) is 3.30. The van der Waals surface area contributed by atoms with E-state index in [-0.39, 0.29) is 0 Å². The number of hydrogen-bond donors (Lipinski definition) is 4. The van der Waals surface area contributed by atoms with Gasteiger partial charge in [-0.15, -0.1) is 0 Å². The lowest BCUT2D eigenvalue weighted by Gasteiger charge is -2.12. The van der Waals surface area contributed by atoms with Gasteiger partial charge in [0.2, 0.25) is 0 Å². The molecule has 5 nitrogen and oxygen atoms in total. The molecule has 0 amide bonds. The van der Waals surface area contributed by atoms with E-state index in [0.29, 0.717) is 12.3 Å². The van der Waals surface area contributed by atoms with Gasteiger partial charge in [0.15, 0.2) is 5.96 Å². The van der Waals surface area contributed by atoms with E-state index in [9.17, 15) is 5.11 Å². The van der Waals surface area contributed by atoms with E-state index < -0.39 is 0 Å². The highest BCUT2D eigenvalue weighted by molar-refractivity contribution is 5.83. The number of phenolic OH excluding ortho intramolecular Hbond substituents is 1. The molecule has 1 aromatic heterocycles. The van der Waals surface area contributed by atoms with Crippen molar-refractivity contribution in [1.29, 1.82) is 0 Å². The number of aryl methyl sites for hydroxylation is 2. The Bertz CT molecular complexity index is 919. The van der Waals surface area contributed by atoms with Crippen molar-refractivity contribution in [1.82, 2.24) is 15.6 Å². The highest BCUT2D eigenvalue weighted by Crippen LogP contribution is 2.23. The number of aromatic nitrogens is 1. The second-order valence-corrected chi connectivity index (χ2v) is 6.81. The number of para-hydroxylation sites is 1. The first-order valence-corrected chi connectivity index (χ1v) is 9.44. The van der Waals surface area contributed by atoms with Crippen molar-refractivity contribution in [2.24, 2.45) is 4.99 Å². The Morgan fingerprint density at radius 3 is 2.59 bits per heavy atom. The van der Waals surface area contributed by atoms with Crippen molar-refractivity contribution >= 4 is 16.9 Å². The Morgan fingerprint density at radius 2 is 1.85 bits per heavy atom. The van der Waals surface area contributed by atoms with Gasteiger partial charge in [0.1, 0.15) is 5.75 Å². The lowest BCUT2D eigenvalue weighted by atomic mass is 10.1. The summed E-state index contributed by atoms with van der Waals surface area (Å²) in [6.07, 6.45) is 3.00. The molecule has 27 heavy (non-hydrogen) atoms. The highest BCUT2D eigenvalue weighted by Gasteiger charge is 2.05. The van der Waals surface area contributed by atoms with Gasteiger partial charge in [-0.1, -0.05) is 30.3 Å². The topological polar surface area (TPSA) is 72.4 Å². The zero-order chi connectivity index (χ0) is 19.2. The molecule has 142 valence electrons. The number of nitrogens with one attached hydrogen (secondary N) is 3. The molecule has 0 aliphatic heterocycles. The molecule has 0 fully saturated rings. The summed E-state index contributed by atoms with van der Waals surface area (Å²) < 4.78 is 0. The van der Waals surface area contributed by atoms with Gasteiger partial charge in [0, 0.05) is 30.2 Å². The molecule has 0 spiro atoms. The van der Waals surface area contributed by atoms with Crippen molar-refractivity contribution in [3.8, 4) is 5.75 Å². The third-order valence-electron chi connectivity index (χ3n) is 4.68. The maximum atomic E-state index is 9.91. The van der Waals surface area contributed by atoms with Crippen LogP contribution in [0.25, 0.3) is 10.9 Å². The van der Waals surface area contributed by atoms with Crippen LogP contribution >= 0.6 is 0 Å². The number of H-pyrrole nitrogens is 1. The van der Waals surface area contributed by atoms with E-state index in [2.05, 4.69) is 51.9 Å². The minimum atomic E-state index is 0.367. The first-order chi connectivity index (χ1) is 13.1. The number of aliphatic imine (C=N–C) groups is 1. The molecule has 0 saturated carbocycles. The van der Waals surface area contributed by atoms with Gasteiger partial charge >= 0.3 is 0 Å². The molecule has 5 heteroatoms. The minimum Gasteiger partial charge on any atom is -0.507 e. The van der Waals surface area contributed by atoms with Crippen molar-refractivity contribution < 1.29 is 5.11 Å². The molecule has 0 saturated heterocycles. The Morgan fingerprint density at radius 1 is 1.11 bits per heavy atom. The van der Waals surface area contributed by atoms with Crippen LogP contribution in [0.3, 0.4) is 0 Å². The number of benzene rings is 2. The van der Waals surface area contributed by atoms with E-state index in [0.717, 1.165) is 42.2 Å². The Hall–Kier alpha value is -2.95. The molecule has 0 radical (unpaired) electrons. The summed E-state index contributed by atoms with van der Waals surface area (Å²) in [5.74, 6) is 1.17. The molecule has 2 aromatic carbocycles. The number of fused-ring (bicyclic) bond motifs is 1. The number of rotatable bonds is 6. The van der Waals surface area contributed by atoms with Crippen molar-refractivity contribution in [2.45, 2.75) is 33.7 Å². The molecule has 1 heterocycles. The van der Waals surface area contributed by atoms with Crippen molar-refractivity contribution in [3.63, 3.8) is 0 Å². The van der Waals surface area contributed by atoms with Crippen molar-refractivity contribution in [2.75, 3.05) is 13.1 Å². The largest absolute Gasteiger partial charge is 0.507 e. The van der Waals surface area contributed by atoms with Gasteiger partial charge in [-0.05, 0) is 55.5 Å². The van der Waals surface area contributed by atoms with Gasteiger partial charge in [0.05, 0.1) is 6.54 Å². The SMILES string of the molecule is CCNC(=NCc1cc(C)c(O)c(C)c1)NCCc1c[nH]c2ccccc12. The Kier molecular flexibility index (Phi) is 6.01. The number of guanidine groups is 1. The maximum absolute atomic E-state index is 9.91. The number of phenols is 1. The number of aromatic amines is 1. The molecular formula is C22H28N4O. The van der Waals surface area contributed by atoms with Gasteiger partial charge in [-0.3, -0.25) is 0 Å². The maximum Gasteiger partial charge on any atom is 0.191 e.